The Morgan fingerprint density at radius 2 is 2.30 bits per heavy atom. The van der Waals surface area contributed by atoms with E-state index in [9.17, 15) is 4.79 Å². The van der Waals surface area contributed by atoms with E-state index in [2.05, 4.69) is 12.2 Å². The number of rotatable bonds is 3. The lowest BCUT2D eigenvalue weighted by Gasteiger charge is -2.06. The van der Waals surface area contributed by atoms with Crippen LogP contribution in [0.4, 0.5) is 4.79 Å². The van der Waals surface area contributed by atoms with Gasteiger partial charge in [0.1, 0.15) is 0 Å². The zero-order valence-electron chi connectivity index (χ0n) is 6.31. The lowest BCUT2D eigenvalue weighted by Crippen LogP contribution is -2.30. The van der Waals surface area contributed by atoms with Crippen LogP contribution in [0.5, 0.6) is 0 Å². The molecule has 0 heterocycles. The quantitative estimate of drug-likeness (QED) is 0.603. The third-order valence-electron chi connectivity index (χ3n) is 2.13. The molecule has 10 heavy (non-hydrogen) atoms. The summed E-state index contributed by atoms with van der Waals surface area (Å²) in [6, 6.07) is -0.413. The highest BCUT2D eigenvalue weighted by Gasteiger charge is 2.36. The van der Waals surface area contributed by atoms with Crippen molar-refractivity contribution in [3.8, 4) is 0 Å². The predicted octanol–water partition coefficient (Wildman–Crippen LogP) is 0.845. The van der Waals surface area contributed by atoms with E-state index in [0.717, 1.165) is 13.0 Å². The third-order valence-corrected chi connectivity index (χ3v) is 2.13. The van der Waals surface area contributed by atoms with Gasteiger partial charge in [-0.3, -0.25) is 0 Å². The number of amides is 2. The number of primary amides is 1. The van der Waals surface area contributed by atoms with Crippen LogP contribution in [0.3, 0.4) is 0 Å². The van der Waals surface area contributed by atoms with Crippen molar-refractivity contribution in [2.45, 2.75) is 26.2 Å². The molecule has 1 saturated carbocycles. The molecule has 0 bridgehead atoms. The molecule has 1 aliphatic rings. The SMILES string of the molecule is CC1(CCNC(N)=O)CC1. The highest BCUT2D eigenvalue weighted by molar-refractivity contribution is 5.71. The number of urea groups is 1. The van der Waals surface area contributed by atoms with Gasteiger partial charge in [-0.1, -0.05) is 6.92 Å². The van der Waals surface area contributed by atoms with Gasteiger partial charge in [-0.2, -0.15) is 0 Å². The third kappa shape index (κ3) is 2.25. The van der Waals surface area contributed by atoms with Crippen molar-refractivity contribution in [1.29, 1.82) is 0 Å². The summed E-state index contributed by atoms with van der Waals surface area (Å²) in [5, 5.41) is 2.58. The molecule has 1 rings (SSSR count). The first-order chi connectivity index (χ1) is 4.62. The molecular weight excluding hydrogens is 128 g/mol. The Kier molecular flexibility index (Phi) is 1.83. The zero-order chi connectivity index (χ0) is 7.61. The lowest BCUT2D eigenvalue weighted by atomic mass is 10.1. The summed E-state index contributed by atoms with van der Waals surface area (Å²) in [7, 11) is 0. The van der Waals surface area contributed by atoms with Gasteiger partial charge in [0, 0.05) is 6.54 Å². The van der Waals surface area contributed by atoms with Crippen molar-refractivity contribution in [2.75, 3.05) is 6.54 Å². The maximum absolute atomic E-state index is 10.2. The van der Waals surface area contributed by atoms with Crippen LogP contribution >= 0.6 is 0 Å². The molecule has 0 aromatic carbocycles. The molecule has 3 nitrogen and oxygen atoms in total. The van der Waals surface area contributed by atoms with E-state index in [0.29, 0.717) is 5.41 Å². The van der Waals surface area contributed by atoms with E-state index in [1.165, 1.54) is 12.8 Å². The molecule has 0 atom stereocenters. The van der Waals surface area contributed by atoms with Crippen LogP contribution in [0.15, 0.2) is 0 Å². The molecule has 58 valence electrons. The van der Waals surface area contributed by atoms with E-state index in [1.54, 1.807) is 0 Å². The molecule has 0 saturated heterocycles. The number of carbonyl (C=O) groups is 1. The van der Waals surface area contributed by atoms with E-state index < -0.39 is 6.03 Å². The minimum absolute atomic E-state index is 0.413. The Labute approximate surface area is 61.0 Å². The van der Waals surface area contributed by atoms with Gasteiger partial charge in [0.2, 0.25) is 0 Å². The molecule has 0 aromatic heterocycles. The van der Waals surface area contributed by atoms with Crippen LogP contribution in [0.2, 0.25) is 0 Å². The van der Waals surface area contributed by atoms with Crippen molar-refractivity contribution in [2.24, 2.45) is 11.1 Å². The molecule has 0 unspecified atom stereocenters. The van der Waals surface area contributed by atoms with Crippen LogP contribution in [-0.4, -0.2) is 12.6 Å². The van der Waals surface area contributed by atoms with Crippen molar-refractivity contribution in [1.82, 2.24) is 5.32 Å². The number of hydrogen-bond acceptors (Lipinski definition) is 1. The molecule has 3 N–H and O–H groups in total. The smallest absolute Gasteiger partial charge is 0.312 e. The zero-order valence-corrected chi connectivity index (χ0v) is 6.31. The van der Waals surface area contributed by atoms with E-state index in [-0.39, 0.29) is 0 Å². The van der Waals surface area contributed by atoms with Crippen molar-refractivity contribution in [3.05, 3.63) is 0 Å². The maximum atomic E-state index is 10.2. The average molecular weight is 142 g/mol. The van der Waals surface area contributed by atoms with Gasteiger partial charge in [0.15, 0.2) is 0 Å². The largest absolute Gasteiger partial charge is 0.352 e. The summed E-state index contributed by atoms with van der Waals surface area (Å²) in [5.74, 6) is 0. The standard InChI is InChI=1S/C7H14N2O/c1-7(2-3-7)4-5-9-6(8)10/h2-5H2,1H3,(H3,8,9,10). The van der Waals surface area contributed by atoms with Crippen LogP contribution < -0.4 is 11.1 Å². The van der Waals surface area contributed by atoms with Gasteiger partial charge in [0.05, 0.1) is 0 Å². The minimum Gasteiger partial charge on any atom is -0.352 e. The molecular formula is C7H14N2O. The molecule has 1 aliphatic carbocycles. The fraction of sp³-hybridized carbons (Fsp3) is 0.857. The van der Waals surface area contributed by atoms with Crippen LogP contribution in [0.1, 0.15) is 26.2 Å². The van der Waals surface area contributed by atoms with Gasteiger partial charge in [-0.25, -0.2) is 4.79 Å². The summed E-state index contributed by atoms with van der Waals surface area (Å²) >= 11 is 0. The molecule has 1 fully saturated rings. The van der Waals surface area contributed by atoms with E-state index >= 15 is 0 Å². The van der Waals surface area contributed by atoms with Crippen LogP contribution in [0, 0.1) is 5.41 Å². The van der Waals surface area contributed by atoms with Crippen LogP contribution in [0.25, 0.3) is 0 Å². The predicted molar refractivity (Wildman–Crippen MR) is 39.5 cm³/mol. The molecule has 0 spiro atoms. The Morgan fingerprint density at radius 1 is 1.70 bits per heavy atom. The summed E-state index contributed by atoms with van der Waals surface area (Å²) in [6.45, 7) is 2.96. The van der Waals surface area contributed by atoms with Gasteiger partial charge < -0.3 is 11.1 Å². The lowest BCUT2D eigenvalue weighted by molar-refractivity contribution is 0.248. The monoisotopic (exact) mass is 142 g/mol. The van der Waals surface area contributed by atoms with Gasteiger partial charge in [-0.05, 0) is 24.7 Å². The normalized spacial score (nSPS) is 20.1. The Hall–Kier alpha value is -0.730. The summed E-state index contributed by atoms with van der Waals surface area (Å²) in [4.78, 5) is 10.2. The fourth-order valence-corrected chi connectivity index (χ4v) is 0.951. The topological polar surface area (TPSA) is 55.1 Å². The van der Waals surface area contributed by atoms with E-state index in [1.807, 2.05) is 0 Å². The number of carbonyl (C=O) groups excluding carboxylic acids is 1. The first kappa shape index (κ1) is 7.38. The van der Waals surface area contributed by atoms with Gasteiger partial charge in [-0.15, -0.1) is 0 Å². The fourth-order valence-electron chi connectivity index (χ4n) is 0.951. The summed E-state index contributed by atoms with van der Waals surface area (Å²) in [6.07, 6.45) is 3.66. The number of hydrogen-bond donors (Lipinski definition) is 2. The maximum Gasteiger partial charge on any atom is 0.312 e. The number of nitrogens with one attached hydrogen (secondary N) is 1. The summed E-state index contributed by atoms with van der Waals surface area (Å²) < 4.78 is 0. The van der Waals surface area contributed by atoms with E-state index in [4.69, 9.17) is 5.73 Å². The molecule has 0 radical (unpaired) electrons. The minimum atomic E-state index is -0.413. The van der Waals surface area contributed by atoms with Crippen molar-refractivity contribution >= 4 is 6.03 Å². The summed E-state index contributed by atoms with van der Waals surface area (Å²) in [5.41, 5.74) is 5.41. The van der Waals surface area contributed by atoms with Crippen molar-refractivity contribution < 1.29 is 4.79 Å². The van der Waals surface area contributed by atoms with Gasteiger partial charge >= 0.3 is 6.03 Å². The Balaban J connectivity index is 2.00. The Bertz CT molecular complexity index is 141. The average Bonchev–Trinajstić information content (AvgIpc) is 2.47. The highest BCUT2D eigenvalue weighted by atomic mass is 16.2. The van der Waals surface area contributed by atoms with Crippen molar-refractivity contribution in [3.63, 3.8) is 0 Å². The Morgan fingerprint density at radius 3 is 2.70 bits per heavy atom. The second kappa shape index (κ2) is 2.48. The second-order valence-electron chi connectivity index (χ2n) is 3.35. The molecule has 3 heteroatoms. The first-order valence-electron chi connectivity index (χ1n) is 3.66. The molecule has 2 amide bonds. The number of nitrogens with two attached hydrogens (primary N) is 1. The van der Waals surface area contributed by atoms with Gasteiger partial charge in [0.25, 0.3) is 0 Å². The molecule has 0 aliphatic heterocycles. The molecule has 0 aromatic rings. The highest BCUT2D eigenvalue weighted by Crippen LogP contribution is 2.47. The van der Waals surface area contributed by atoms with Crippen LogP contribution in [-0.2, 0) is 0 Å². The first-order valence-corrected chi connectivity index (χ1v) is 3.66. The second-order valence-corrected chi connectivity index (χ2v) is 3.35.